The molecule has 212 valence electrons. The first-order chi connectivity index (χ1) is 19.1. The molecule has 0 saturated heterocycles. The third-order valence-corrected chi connectivity index (χ3v) is 9.67. The highest BCUT2D eigenvalue weighted by molar-refractivity contribution is 7.92. The Morgan fingerprint density at radius 1 is 0.925 bits per heavy atom. The van der Waals surface area contributed by atoms with Crippen molar-refractivity contribution >= 4 is 62.3 Å². The largest absolute Gasteiger partial charge is 0.352 e. The zero-order chi connectivity index (χ0) is 28.9. The van der Waals surface area contributed by atoms with E-state index in [0.717, 1.165) is 30.0 Å². The minimum atomic E-state index is -4.16. The normalized spacial score (nSPS) is 14.5. The van der Waals surface area contributed by atoms with E-state index in [-0.39, 0.29) is 29.1 Å². The first kappa shape index (κ1) is 30.2. The maximum Gasteiger partial charge on any atom is 0.264 e. The number of hydrogen-bond donors (Lipinski definition) is 1. The van der Waals surface area contributed by atoms with Gasteiger partial charge < -0.3 is 10.2 Å². The Bertz CT molecular complexity index is 1460. The fourth-order valence-corrected chi connectivity index (χ4v) is 6.62. The first-order valence-corrected chi connectivity index (χ1v) is 15.5. The molecule has 1 N–H and O–H groups in total. The van der Waals surface area contributed by atoms with Crippen LogP contribution in [0.15, 0.2) is 77.7 Å². The molecule has 0 unspecified atom stereocenters. The van der Waals surface area contributed by atoms with Crippen LogP contribution in [0.1, 0.15) is 38.2 Å². The molecule has 0 bridgehead atoms. The summed E-state index contributed by atoms with van der Waals surface area (Å²) in [5.41, 5.74) is 0.866. The molecule has 0 heterocycles. The molecule has 1 fully saturated rings. The van der Waals surface area contributed by atoms with Gasteiger partial charge in [-0.15, -0.1) is 0 Å². The number of nitrogens with one attached hydrogen (secondary N) is 1. The SMILES string of the molecule is C[C@@H](C(=O)NC1CCCC1)N(Cc1ccc(Cl)c(Cl)c1)C(=O)CN(c1cccc(Cl)c1)S(=O)(=O)c1ccccc1. The molecule has 3 aromatic carbocycles. The van der Waals surface area contributed by atoms with E-state index in [0.29, 0.717) is 20.6 Å². The summed E-state index contributed by atoms with van der Waals surface area (Å²) in [6, 6.07) is 18.2. The highest BCUT2D eigenvalue weighted by Gasteiger charge is 2.33. The fourth-order valence-electron chi connectivity index (χ4n) is 4.69. The maximum atomic E-state index is 14.0. The number of benzene rings is 3. The molecule has 2 amide bonds. The highest BCUT2D eigenvalue weighted by Crippen LogP contribution is 2.28. The van der Waals surface area contributed by atoms with Crippen LogP contribution in [0, 0.1) is 0 Å². The molecule has 11 heteroatoms. The van der Waals surface area contributed by atoms with Gasteiger partial charge in [0.05, 0.1) is 20.6 Å². The van der Waals surface area contributed by atoms with Gasteiger partial charge in [0, 0.05) is 17.6 Å². The molecule has 40 heavy (non-hydrogen) atoms. The molecule has 0 radical (unpaired) electrons. The fraction of sp³-hybridized carbons (Fsp3) is 0.310. The molecule has 1 atom stereocenters. The molecule has 1 saturated carbocycles. The number of amides is 2. The van der Waals surface area contributed by atoms with Crippen molar-refractivity contribution in [3.63, 3.8) is 0 Å². The van der Waals surface area contributed by atoms with Crippen LogP contribution in [0.3, 0.4) is 0 Å². The van der Waals surface area contributed by atoms with Crippen LogP contribution in [0.25, 0.3) is 0 Å². The van der Waals surface area contributed by atoms with Crippen molar-refractivity contribution in [2.45, 2.75) is 56.1 Å². The summed E-state index contributed by atoms with van der Waals surface area (Å²) >= 11 is 18.5. The Balaban J connectivity index is 1.69. The zero-order valence-corrected chi connectivity index (χ0v) is 25.0. The summed E-state index contributed by atoms with van der Waals surface area (Å²) < 4.78 is 28.6. The van der Waals surface area contributed by atoms with Crippen LogP contribution >= 0.6 is 34.8 Å². The summed E-state index contributed by atoms with van der Waals surface area (Å²) in [4.78, 5) is 28.6. The van der Waals surface area contributed by atoms with Crippen molar-refractivity contribution in [3.05, 3.63) is 93.4 Å². The van der Waals surface area contributed by atoms with E-state index in [1.807, 2.05) is 0 Å². The van der Waals surface area contributed by atoms with Crippen LogP contribution in [0.4, 0.5) is 5.69 Å². The summed E-state index contributed by atoms with van der Waals surface area (Å²) in [6.45, 7) is 1.10. The lowest BCUT2D eigenvalue weighted by Gasteiger charge is -2.32. The molecular formula is C29H30Cl3N3O4S. The molecule has 0 aromatic heterocycles. The molecule has 7 nitrogen and oxygen atoms in total. The van der Waals surface area contributed by atoms with Crippen LogP contribution in [-0.2, 0) is 26.2 Å². The number of halogens is 3. The highest BCUT2D eigenvalue weighted by atomic mass is 35.5. The minimum absolute atomic E-state index is 0.0176. The van der Waals surface area contributed by atoms with Gasteiger partial charge in [-0.1, -0.05) is 78.0 Å². The summed E-state index contributed by atoms with van der Waals surface area (Å²) in [7, 11) is -4.16. The third-order valence-electron chi connectivity index (χ3n) is 6.91. The quantitative estimate of drug-likeness (QED) is 0.287. The maximum absolute atomic E-state index is 14.0. The number of nitrogens with zero attached hydrogens (tertiary/aromatic N) is 2. The zero-order valence-electron chi connectivity index (χ0n) is 21.9. The van der Waals surface area contributed by atoms with Gasteiger partial charge in [-0.05, 0) is 67.8 Å². The number of anilines is 1. The van der Waals surface area contributed by atoms with Gasteiger partial charge in [0.2, 0.25) is 11.8 Å². The summed E-state index contributed by atoms with van der Waals surface area (Å²) in [6.07, 6.45) is 3.85. The molecule has 1 aliphatic rings. The van der Waals surface area contributed by atoms with Crippen molar-refractivity contribution in [2.24, 2.45) is 0 Å². The van der Waals surface area contributed by atoms with Crippen LogP contribution < -0.4 is 9.62 Å². The molecular weight excluding hydrogens is 593 g/mol. The van der Waals surface area contributed by atoms with Gasteiger partial charge in [-0.2, -0.15) is 0 Å². The monoisotopic (exact) mass is 621 g/mol. The second-order valence-electron chi connectivity index (χ2n) is 9.74. The average Bonchev–Trinajstić information content (AvgIpc) is 3.45. The van der Waals surface area contributed by atoms with E-state index < -0.39 is 28.5 Å². The Morgan fingerprint density at radius 3 is 2.27 bits per heavy atom. The number of hydrogen-bond acceptors (Lipinski definition) is 4. The lowest BCUT2D eigenvalue weighted by molar-refractivity contribution is -0.139. The van der Waals surface area contributed by atoms with Gasteiger partial charge in [-0.3, -0.25) is 13.9 Å². The van der Waals surface area contributed by atoms with E-state index in [1.165, 1.54) is 23.1 Å². The summed E-state index contributed by atoms with van der Waals surface area (Å²) in [5, 5.41) is 4.02. The van der Waals surface area contributed by atoms with Gasteiger partial charge >= 0.3 is 0 Å². The molecule has 3 aromatic rings. The first-order valence-electron chi connectivity index (χ1n) is 12.9. The summed E-state index contributed by atoms with van der Waals surface area (Å²) in [5.74, 6) is -0.875. The second-order valence-corrected chi connectivity index (χ2v) is 12.9. The Morgan fingerprint density at radius 2 is 1.62 bits per heavy atom. The van der Waals surface area contributed by atoms with Crippen molar-refractivity contribution in [1.29, 1.82) is 0 Å². The van der Waals surface area contributed by atoms with E-state index in [9.17, 15) is 18.0 Å². The van der Waals surface area contributed by atoms with Crippen molar-refractivity contribution in [1.82, 2.24) is 10.2 Å². The van der Waals surface area contributed by atoms with E-state index in [2.05, 4.69) is 5.32 Å². The third kappa shape index (κ3) is 7.29. The average molecular weight is 623 g/mol. The molecule has 0 spiro atoms. The smallest absolute Gasteiger partial charge is 0.264 e. The molecule has 0 aliphatic heterocycles. The van der Waals surface area contributed by atoms with Gasteiger partial charge in [-0.25, -0.2) is 8.42 Å². The van der Waals surface area contributed by atoms with E-state index in [1.54, 1.807) is 61.5 Å². The number of carbonyl (C=O) groups is 2. The predicted octanol–water partition coefficient (Wildman–Crippen LogP) is 6.32. The number of sulfonamides is 1. The van der Waals surface area contributed by atoms with Crippen molar-refractivity contribution in [3.8, 4) is 0 Å². The Kier molecular flexibility index (Phi) is 10.0. The van der Waals surface area contributed by atoms with Gasteiger partial charge in [0.1, 0.15) is 12.6 Å². The minimum Gasteiger partial charge on any atom is -0.352 e. The lowest BCUT2D eigenvalue weighted by atomic mass is 10.1. The van der Waals surface area contributed by atoms with Crippen molar-refractivity contribution in [2.75, 3.05) is 10.8 Å². The second kappa shape index (κ2) is 13.3. The standard InChI is InChI=1S/C29H30Cl3N3O4S/c1-20(29(37)33-23-9-5-6-10-23)34(18-21-14-15-26(31)27(32)16-21)28(36)19-35(24-11-7-8-22(30)17-24)40(38,39)25-12-3-2-4-13-25/h2-4,7-8,11-17,20,23H,5-6,9-10,18-19H2,1H3,(H,33,37)/t20-/m0/s1. The Labute approximate surface area is 250 Å². The van der Waals surface area contributed by atoms with Crippen LogP contribution in [0.2, 0.25) is 15.1 Å². The lowest BCUT2D eigenvalue weighted by Crippen LogP contribution is -2.52. The van der Waals surface area contributed by atoms with Crippen LogP contribution in [0.5, 0.6) is 0 Å². The van der Waals surface area contributed by atoms with Crippen molar-refractivity contribution < 1.29 is 18.0 Å². The van der Waals surface area contributed by atoms with E-state index in [4.69, 9.17) is 34.8 Å². The number of carbonyl (C=O) groups excluding carboxylic acids is 2. The topological polar surface area (TPSA) is 86.8 Å². The van der Waals surface area contributed by atoms with Gasteiger partial charge in [0.25, 0.3) is 10.0 Å². The van der Waals surface area contributed by atoms with Crippen LogP contribution in [-0.4, -0.2) is 43.8 Å². The molecule has 1 aliphatic carbocycles. The molecule has 4 rings (SSSR count). The number of rotatable bonds is 10. The Hall–Kier alpha value is -2.78. The van der Waals surface area contributed by atoms with E-state index >= 15 is 0 Å². The predicted molar refractivity (Wildman–Crippen MR) is 159 cm³/mol. The van der Waals surface area contributed by atoms with Gasteiger partial charge in [0.15, 0.2) is 0 Å².